The van der Waals surface area contributed by atoms with Gasteiger partial charge in [-0.15, -0.1) is 0 Å². The monoisotopic (exact) mass is 1020 g/mol. The van der Waals surface area contributed by atoms with Crippen LogP contribution >= 0.6 is 0 Å². The van der Waals surface area contributed by atoms with Crippen LogP contribution in [0.25, 0.3) is 99.1 Å². The van der Waals surface area contributed by atoms with Crippen LogP contribution in [0.2, 0.25) is 0 Å². The van der Waals surface area contributed by atoms with Gasteiger partial charge in [0.05, 0.1) is 5.41 Å². The van der Waals surface area contributed by atoms with Crippen LogP contribution in [0.3, 0.4) is 0 Å². The summed E-state index contributed by atoms with van der Waals surface area (Å²) in [6.45, 7) is 0. The Labute approximate surface area is 467 Å². The molecule has 1 aliphatic rings. The van der Waals surface area contributed by atoms with Crippen LogP contribution in [-0.4, -0.2) is 0 Å². The van der Waals surface area contributed by atoms with E-state index in [1.807, 2.05) is 0 Å². The number of hydrogen-bond acceptors (Lipinski definition) is 1. The smallest absolute Gasteiger partial charge is 0.0713 e. The van der Waals surface area contributed by atoms with Gasteiger partial charge in [0.1, 0.15) is 0 Å². The van der Waals surface area contributed by atoms with E-state index >= 15 is 0 Å². The Kier molecular flexibility index (Phi) is 11.5. The molecule has 0 aliphatic heterocycles. The van der Waals surface area contributed by atoms with Crippen molar-refractivity contribution in [2.24, 2.45) is 0 Å². The van der Waals surface area contributed by atoms with Gasteiger partial charge >= 0.3 is 0 Å². The molecule has 0 bridgehead atoms. The molecule has 0 heterocycles. The van der Waals surface area contributed by atoms with E-state index in [0.717, 1.165) is 28.2 Å². The number of fused-ring (bicyclic) bond motifs is 7. The molecule has 0 saturated carbocycles. The lowest BCUT2D eigenvalue weighted by atomic mass is 9.68. The fourth-order valence-electron chi connectivity index (χ4n) is 13.1. The molecule has 0 amide bonds. The van der Waals surface area contributed by atoms with E-state index in [-0.39, 0.29) is 0 Å². The van der Waals surface area contributed by atoms with E-state index in [9.17, 15) is 0 Å². The van der Waals surface area contributed by atoms with E-state index in [1.54, 1.807) is 0 Å². The molecule has 0 fully saturated rings. The SMILES string of the molecule is c1ccc(-c2c(-c3ccccc3)c3cc(-c4cccc(N(c5ccc(-c6ccc(-c7ccc8ccccc8c7)cc6)cc5)c5ccc6c(c5)-c5ccccc5C6(c5ccccc5)c5ccccc5)c4)ccc3c3ccccc23)cc1. The van der Waals surface area contributed by atoms with Gasteiger partial charge in [-0.05, 0) is 170 Å². The second-order valence-corrected chi connectivity index (χ2v) is 21.1. The first-order valence-corrected chi connectivity index (χ1v) is 27.7. The van der Waals surface area contributed by atoms with Gasteiger partial charge in [-0.3, -0.25) is 0 Å². The molecule has 14 aromatic carbocycles. The highest BCUT2D eigenvalue weighted by atomic mass is 15.1. The summed E-state index contributed by atoms with van der Waals surface area (Å²) in [4.78, 5) is 2.45. The highest BCUT2D eigenvalue weighted by Gasteiger charge is 2.46. The normalized spacial score (nSPS) is 12.3. The van der Waals surface area contributed by atoms with Crippen molar-refractivity contribution in [2.45, 2.75) is 5.41 Å². The predicted octanol–water partition coefficient (Wildman–Crippen LogP) is 21.3. The van der Waals surface area contributed by atoms with Crippen LogP contribution in [0.1, 0.15) is 22.3 Å². The van der Waals surface area contributed by atoms with Crippen LogP contribution in [0.5, 0.6) is 0 Å². The Balaban J connectivity index is 0.891. The first-order chi connectivity index (χ1) is 39.7. The van der Waals surface area contributed by atoms with Crippen LogP contribution in [0.15, 0.2) is 322 Å². The van der Waals surface area contributed by atoms with Gasteiger partial charge in [-0.25, -0.2) is 0 Å². The van der Waals surface area contributed by atoms with E-state index in [4.69, 9.17) is 0 Å². The number of anilines is 3. The minimum atomic E-state index is -0.496. The van der Waals surface area contributed by atoms with Crippen molar-refractivity contribution in [3.05, 3.63) is 344 Å². The molecule has 0 unspecified atom stereocenters. The summed E-state index contributed by atoms with van der Waals surface area (Å²) in [6.07, 6.45) is 0. The van der Waals surface area contributed by atoms with Gasteiger partial charge in [0.2, 0.25) is 0 Å². The third-order valence-corrected chi connectivity index (χ3v) is 16.7. The zero-order chi connectivity index (χ0) is 53.0. The van der Waals surface area contributed by atoms with Gasteiger partial charge in [0, 0.05) is 17.1 Å². The highest BCUT2D eigenvalue weighted by molar-refractivity contribution is 6.22. The second kappa shape index (κ2) is 19.6. The molecule has 0 radical (unpaired) electrons. The third-order valence-electron chi connectivity index (χ3n) is 16.7. The molecule has 374 valence electrons. The first kappa shape index (κ1) is 46.9. The highest BCUT2D eigenvalue weighted by Crippen LogP contribution is 2.57. The molecule has 1 aliphatic carbocycles. The number of hydrogen-bond donors (Lipinski definition) is 0. The van der Waals surface area contributed by atoms with Crippen LogP contribution < -0.4 is 4.90 Å². The van der Waals surface area contributed by atoms with Crippen molar-refractivity contribution in [2.75, 3.05) is 4.90 Å². The average Bonchev–Trinajstić information content (AvgIpc) is 3.97. The molecule has 0 saturated heterocycles. The summed E-state index contributed by atoms with van der Waals surface area (Å²) in [5.74, 6) is 0. The largest absolute Gasteiger partial charge is 0.310 e. The van der Waals surface area contributed by atoms with E-state index < -0.39 is 5.41 Å². The molecule has 0 spiro atoms. The second-order valence-electron chi connectivity index (χ2n) is 21.1. The lowest BCUT2D eigenvalue weighted by Crippen LogP contribution is -2.28. The molecule has 14 aromatic rings. The van der Waals surface area contributed by atoms with Crippen molar-refractivity contribution in [1.82, 2.24) is 0 Å². The minimum absolute atomic E-state index is 0.496. The topological polar surface area (TPSA) is 3.24 Å². The van der Waals surface area contributed by atoms with Crippen LogP contribution in [0.4, 0.5) is 17.1 Å². The van der Waals surface area contributed by atoms with Gasteiger partial charge in [-0.1, -0.05) is 273 Å². The minimum Gasteiger partial charge on any atom is -0.310 e. The first-order valence-electron chi connectivity index (χ1n) is 27.7. The van der Waals surface area contributed by atoms with Crippen molar-refractivity contribution in [1.29, 1.82) is 0 Å². The van der Waals surface area contributed by atoms with Gasteiger partial charge in [0.15, 0.2) is 0 Å². The van der Waals surface area contributed by atoms with E-state index in [2.05, 4.69) is 326 Å². The molecular weight excluding hydrogens is 963 g/mol. The number of benzene rings is 14. The Morgan fingerprint density at radius 2 is 0.662 bits per heavy atom. The third kappa shape index (κ3) is 7.85. The summed E-state index contributed by atoms with van der Waals surface area (Å²) in [5, 5.41) is 7.47. The molecule has 0 aromatic heterocycles. The zero-order valence-corrected chi connectivity index (χ0v) is 44.0. The number of rotatable bonds is 10. The van der Waals surface area contributed by atoms with Crippen molar-refractivity contribution >= 4 is 49.4 Å². The van der Waals surface area contributed by atoms with Crippen molar-refractivity contribution < 1.29 is 0 Å². The van der Waals surface area contributed by atoms with Gasteiger partial charge < -0.3 is 4.90 Å². The van der Waals surface area contributed by atoms with Crippen LogP contribution in [0, 0.1) is 0 Å². The maximum absolute atomic E-state index is 2.45. The zero-order valence-electron chi connectivity index (χ0n) is 44.0. The Bertz CT molecular complexity index is 4560. The Morgan fingerprint density at radius 1 is 0.212 bits per heavy atom. The standard InChI is InChI=1S/C79H53N/c1-5-21-58(22-6-1)77-72-34-16-15-32-69(72)70-48-44-63(52-74(70)78(77)59-23-7-2-8-24-59)61-26-19-31-67(51-61)80(66-45-42-56(43-46-66)55-36-38-57(39-37-55)62-41-40-54-20-13-14-25-60(54)50-62)68-47-49-76-73(53-68)71-33-17-18-35-75(71)79(76,64-27-9-3-10-28-64)65-29-11-4-12-30-65/h1-53H. The van der Waals surface area contributed by atoms with Gasteiger partial charge in [-0.2, -0.15) is 0 Å². The fourth-order valence-corrected chi connectivity index (χ4v) is 13.1. The summed E-state index contributed by atoms with van der Waals surface area (Å²) < 4.78 is 0. The summed E-state index contributed by atoms with van der Waals surface area (Å²) in [5.41, 5.74) is 22.3. The predicted molar refractivity (Wildman–Crippen MR) is 338 cm³/mol. The van der Waals surface area contributed by atoms with Crippen molar-refractivity contribution in [3.8, 4) is 66.8 Å². The maximum Gasteiger partial charge on any atom is 0.0713 e. The molecule has 80 heavy (non-hydrogen) atoms. The number of nitrogens with zero attached hydrogens (tertiary/aromatic N) is 1. The molecule has 1 heteroatoms. The average molecular weight is 1020 g/mol. The Morgan fingerprint density at radius 3 is 1.35 bits per heavy atom. The lowest BCUT2D eigenvalue weighted by Gasteiger charge is -2.34. The summed E-state index contributed by atoms with van der Waals surface area (Å²) >= 11 is 0. The van der Waals surface area contributed by atoms with Crippen molar-refractivity contribution in [3.63, 3.8) is 0 Å². The quantitative estimate of drug-likeness (QED) is 0.123. The van der Waals surface area contributed by atoms with E-state index in [0.29, 0.717) is 0 Å². The molecule has 0 atom stereocenters. The maximum atomic E-state index is 2.45. The molecular formula is C79H53N. The lowest BCUT2D eigenvalue weighted by molar-refractivity contribution is 0.768. The molecule has 1 nitrogen and oxygen atoms in total. The Hall–Kier alpha value is -10.3. The molecule has 15 rings (SSSR count). The summed E-state index contributed by atoms with van der Waals surface area (Å²) in [7, 11) is 0. The van der Waals surface area contributed by atoms with E-state index in [1.165, 1.54) is 110 Å². The van der Waals surface area contributed by atoms with Gasteiger partial charge in [0.25, 0.3) is 0 Å². The fraction of sp³-hybridized carbons (Fsp3) is 0.0127. The summed E-state index contributed by atoms with van der Waals surface area (Å²) in [6, 6.07) is 119. The van der Waals surface area contributed by atoms with Crippen LogP contribution in [-0.2, 0) is 5.41 Å². The molecule has 0 N–H and O–H groups in total.